The van der Waals surface area contributed by atoms with Gasteiger partial charge in [-0.3, -0.25) is 4.79 Å². The summed E-state index contributed by atoms with van der Waals surface area (Å²) in [5.41, 5.74) is 6.87. The summed E-state index contributed by atoms with van der Waals surface area (Å²) in [5, 5.41) is 2.00. The highest BCUT2D eigenvalue weighted by atomic mass is 79.9. The first-order valence-corrected chi connectivity index (χ1v) is 7.08. The molecule has 3 nitrogen and oxygen atoms in total. The van der Waals surface area contributed by atoms with Gasteiger partial charge in [0, 0.05) is 22.1 Å². The Labute approximate surface area is 118 Å². The standard InChI is InChI=1S/C13H13BrN2OS/c1-16(8-10-3-2-6-18-10)13(17)11-7-9(14)4-5-12(11)15/h2-7H,8,15H2,1H3. The fourth-order valence-corrected chi connectivity index (χ4v) is 2.75. The smallest absolute Gasteiger partial charge is 0.256 e. The Balaban J connectivity index is 2.17. The number of hydrogen-bond acceptors (Lipinski definition) is 3. The second-order valence-corrected chi connectivity index (χ2v) is 5.92. The number of rotatable bonds is 3. The topological polar surface area (TPSA) is 46.3 Å². The second-order valence-electron chi connectivity index (χ2n) is 3.97. The molecule has 0 saturated heterocycles. The third-order valence-electron chi connectivity index (χ3n) is 2.57. The Kier molecular flexibility index (Phi) is 4.04. The summed E-state index contributed by atoms with van der Waals surface area (Å²) in [5.74, 6) is -0.0674. The minimum Gasteiger partial charge on any atom is -0.398 e. The fraction of sp³-hybridized carbons (Fsp3) is 0.154. The van der Waals surface area contributed by atoms with Crippen molar-refractivity contribution in [2.24, 2.45) is 0 Å². The molecule has 0 aliphatic heterocycles. The van der Waals surface area contributed by atoms with E-state index in [2.05, 4.69) is 15.9 Å². The Morgan fingerprint density at radius 2 is 2.22 bits per heavy atom. The van der Waals surface area contributed by atoms with Gasteiger partial charge in [0.05, 0.1) is 12.1 Å². The zero-order valence-electron chi connectivity index (χ0n) is 9.89. The monoisotopic (exact) mass is 324 g/mol. The molecule has 0 aliphatic rings. The van der Waals surface area contributed by atoms with Gasteiger partial charge in [-0.2, -0.15) is 0 Å². The summed E-state index contributed by atoms with van der Waals surface area (Å²) < 4.78 is 0.851. The highest BCUT2D eigenvalue weighted by Gasteiger charge is 2.15. The van der Waals surface area contributed by atoms with Gasteiger partial charge in [0.25, 0.3) is 5.91 Å². The molecule has 0 bridgehead atoms. The van der Waals surface area contributed by atoms with E-state index in [1.807, 2.05) is 23.6 Å². The molecule has 0 radical (unpaired) electrons. The molecule has 0 fully saturated rings. The van der Waals surface area contributed by atoms with Crippen molar-refractivity contribution in [1.29, 1.82) is 0 Å². The average Bonchev–Trinajstić information content (AvgIpc) is 2.84. The van der Waals surface area contributed by atoms with Gasteiger partial charge >= 0.3 is 0 Å². The molecule has 94 valence electrons. The number of nitrogen functional groups attached to an aromatic ring is 1. The van der Waals surface area contributed by atoms with Crippen LogP contribution < -0.4 is 5.73 Å². The second kappa shape index (κ2) is 5.54. The van der Waals surface area contributed by atoms with Gasteiger partial charge in [-0.15, -0.1) is 11.3 Å². The van der Waals surface area contributed by atoms with E-state index in [0.717, 1.165) is 9.35 Å². The molecule has 1 aromatic carbocycles. The van der Waals surface area contributed by atoms with Crippen LogP contribution in [0.1, 0.15) is 15.2 Å². The van der Waals surface area contributed by atoms with Crippen LogP contribution in [-0.4, -0.2) is 17.9 Å². The van der Waals surface area contributed by atoms with Crippen LogP contribution in [0.2, 0.25) is 0 Å². The number of thiophene rings is 1. The van der Waals surface area contributed by atoms with Crippen molar-refractivity contribution in [3.8, 4) is 0 Å². The van der Waals surface area contributed by atoms with Crippen LogP contribution in [0.15, 0.2) is 40.2 Å². The predicted octanol–water partition coefficient (Wildman–Crippen LogP) is 3.37. The van der Waals surface area contributed by atoms with Gasteiger partial charge in [0.15, 0.2) is 0 Å². The van der Waals surface area contributed by atoms with Crippen molar-refractivity contribution in [3.05, 3.63) is 50.6 Å². The molecule has 0 unspecified atom stereocenters. The third-order valence-corrected chi connectivity index (χ3v) is 3.92. The Morgan fingerprint density at radius 3 is 2.89 bits per heavy atom. The number of halogens is 1. The van der Waals surface area contributed by atoms with Crippen molar-refractivity contribution < 1.29 is 4.79 Å². The van der Waals surface area contributed by atoms with Crippen molar-refractivity contribution in [1.82, 2.24) is 4.90 Å². The summed E-state index contributed by atoms with van der Waals surface area (Å²) in [7, 11) is 1.78. The lowest BCUT2D eigenvalue weighted by Gasteiger charge is -2.17. The van der Waals surface area contributed by atoms with E-state index in [4.69, 9.17) is 5.73 Å². The van der Waals surface area contributed by atoms with E-state index in [1.165, 1.54) is 0 Å². The molecule has 2 N–H and O–H groups in total. The van der Waals surface area contributed by atoms with E-state index < -0.39 is 0 Å². The van der Waals surface area contributed by atoms with Crippen LogP contribution in [0.5, 0.6) is 0 Å². The number of anilines is 1. The van der Waals surface area contributed by atoms with Crippen LogP contribution in [0.4, 0.5) is 5.69 Å². The maximum Gasteiger partial charge on any atom is 0.256 e. The minimum atomic E-state index is -0.0674. The lowest BCUT2D eigenvalue weighted by Crippen LogP contribution is -2.26. The molecule has 5 heteroatoms. The number of nitrogens with two attached hydrogens (primary N) is 1. The zero-order valence-corrected chi connectivity index (χ0v) is 12.3. The Hall–Kier alpha value is -1.33. The molecule has 0 aliphatic carbocycles. The van der Waals surface area contributed by atoms with Gasteiger partial charge < -0.3 is 10.6 Å². The molecular formula is C13H13BrN2OS. The molecule has 0 saturated carbocycles. The third kappa shape index (κ3) is 2.91. The van der Waals surface area contributed by atoms with Crippen LogP contribution >= 0.6 is 27.3 Å². The van der Waals surface area contributed by atoms with E-state index in [1.54, 1.807) is 35.4 Å². The van der Waals surface area contributed by atoms with Gasteiger partial charge in [-0.05, 0) is 29.6 Å². The molecule has 1 amide bonds. The minimum absolute atomic E-state index is 0.0674. The van der Waals surface area contributed by atoms with Crippen LogP contribution in [0, 0.1) is 0 Å². The van der Waals surface area contributed by atoms with Crippen LogP contribution in [-0.2, 0) is 6.54 Å². The highest BCUT2D eigenvalue weighted by Crippen LogP contribution is 2.21. The Morgan fingerprint density at radius 1 is 1.44 bits per heavy atom. The predicted molar refractivity (Wildman–Crippen MR) is 78.7 cm³/mol. The Bertz CT molecular complexity index is 554. The number of carbonyl (C=O) groups excluding carboxylic acids is 1. The molecule has 0 atom stereocenters. The van der Waals surface area contributed by atoms with Crippen molar-refractivity contribution >= 4 is 38.9 Å². The zero-order chi connectivity index (χ0) is 13.1. The van der Waals surface area contributed by atoms with E-state index in [0.29, 0.717) is 17.8 Å². The largest absolute Gasteiger partial charge is 0.398 e. The molecule has 2 aromatic rings. The lowest BCUT2D eigenvalue weighted by molar-refractivity contribution is 0.0787. The summed E-state index contributed by atoms with van der Waals surface area (Å²) in [4.78, 5) is 15.1. The molecule has 0 spiro atoms. The molecule has 1 aromatic heterocycles. The number of nitrogens with zero attached hydrogens (tertiary/aromatic N) is 1. The number of amides is 1. The number of benzene rings is 1. The average molecular weight is 325 g/mol. The van der Waals surface area contributed by atoms with Gasteiger partial charge in [0.2, 0.25) is 0 Å². The van der Waals surface area contributed by atoms with Crippen molar-refractivity contribution in [3.63, 3.8) is 0 Å². The lowest BCUT2D eigenvalue weighted by atomic mass is 10.1. The highest BCUT2D eigenvalue weighted by molar-refractivity contribution is 9.10. The quantitative estimate of drug-likeness (QED) is 0.880. The summed E-state index contributed by atoms with van der Waals surface area (Å²) in [6.07, 6.45) is 0. The van der Waals surface area contributed by atoms with Gasteiger partial charge in [-0.1, -0.05) is 22.0 Å². The molecule has 2 rings (SSSR count). The molecule has 18 heavy (non-hydrogen) atoms. The van der Waals surface area contributed by atoms with Crippen LogP contribution in [0.25, 0.3) is 0 Å². The summed E-state index contributed by atoms with van der Waals surface area (Å²) in [6.45, 7) is 0.600. The normalized spacial score (nSPS) is 10.3. The number of carbonyl (C=O) groups is 1. The van der Waals surface area contributed by atoms with Gasteiger partial charge in [0.1, 0.15) is 0 Å². The summed E-state index contributed by atoms with van der Waals surface area (Å²) in [6, 6.07) is 9.30. The first-order valence-electron chi connectivity index (χ1n) is 5.41. The van der Waals surface area contributed by atoms with Crippen LogP contribution in [0.3, 0.4) is 0 Å². The first kappa shape index (κ1) is 13.1. The van der Waals surface area contributed by atoms with Crippen molar-refractivity contribution in [2.45, 2.75) is 6.54 Å². The van der Waals surface area contributed by atoms with E-state index in [9.17, 15) is 4.79 Å². The SMILES string of the molecule is CN(Cc1cccs1)C(=O)c1cc(Br)ccc1N. The maximum atomic E-state index is 12.3. The number of hydrogen-bond donors (Lipinski definition) is 1. The van der Waals surface area contributed by atoms with E-state index in [-0.39, 0.29) is 5.91 Å². The first-order chi connectivity index (χ1) is 8.58. The maximum absolute atomic E-state index is 12.3. The molecular weight excluding hydrogens is 312 g/mol. The van der Waals surface area contributed by atoms with Gasteiger partial charge in [-0.25, -0.2) is 0 Å². The van der Waals surface area contributed by atoms with Crippen molar-refractivity contribution in [2.75, 3.05) is 12.8 Å². The fourth-order valence-electron chi connectivity index (χ4n) is 1.63. The van der Waals surface area contributed by atoms with E-state index >= 15 is 0 Å². The molecule has 1 heterocycles. The summed E-state index contributed by atoms with van der Waals surface area (Å²) >= 11 is 4.99.